The van der Waals surface area contributed by atoms with Gasteiger partial charge in [-0.2, -0.15) is 0 Å². The number of rotatable bonds is 4. The van der Waals surface area contributed by atoms with Gasteiger partial charge in [0.25, 0.3) is 5.91 Å². The standard InChI is InChI=1S/C24H30N4O3/c1-24(2,3)27-22(30)17-9-11-20(12-10-17)25-21(29)18-13-15-28(16-14-18)23(31)26-19-7-5-4-6-8-19/h4-12,18H,13-16H2,1-3H3,(H,25,29)(H,26,31)(H,27,30). The third-order valence-corrected chi connectivity index (χ3v) is 5.08. The number of anilines is 2. The third-order valence-electron chi connectivity index (χ3n) is 5.08. The number of piperidine rings is 1. The SMILES string of the molecule is CC(C)(C)NC(=O)c1ccc(NC(=O)C2CCN(C(=O)Nc3ccccc3)CC2)cc1. The summed E-state index contributed by atoms with van der Waals surface area (Å²) in [6, 6.07) is 16.1. The molecule has 1 fully saturated rings. The van der Waals surface area contributed by atoms with E-state index in [1.807, 2.05) is 51.1 Å². The van der Waals surface area contributed by atoms with Gasteiger partial charge in [0.15, 0.2) is 0 Å². The topological polar surface area (TPSA) is 90.5 Å². The van der Waals surface area contributed by atoms with Gasteiger partial charge in [-0.1, -0.05) is 18.2 Å². The van der Waals surface area contributed by atoms with Gasteiger partial charge in [0.1, 0.15) is 0 Å². The van der Waals surface area contributed by atoms with Crippen molar-refractivity contribution in [3.8, 4) is 0 Å². The highest BCUT2D eigenvalue weighted by Crippen LogP contribution is 2.21. The second kappa shape index (κ2) is 9.64. The number of benzene rings is 2. The van der Waals surface area contributed by atoms with E-state index in [-0.39, 0.29) is 29.3 Å². The molecule has 7 nitrogen and oxygen atoms in total. The Bertz CT molecular complexity index is 912. The quantitative estimate of drug-likeness (QED) is 0.693. The molecule has 1 aliphatic heterocycles. The van der Waals surface area contributed by atoms with Crippen molar-refractivity contribution < 1.29 is 14.4 Å². The Morgan fingerprint density at radius 1 is 0.839 bits per heavy atom. The van der Waals surface area contributed by atoms with Crippen LogP contribution in [0.2, 0.25) is 0 Å². The Kier molecular flexibility index (Phi) is 6.95. The molecule has 2 aromatic carbocycles. The van der Waals surface area contributed by atoms with Crippen molar-refractivity contribution in [3.63, 3.8) is 0 Å². The summed E-state index contributed by atoms with van der Waals surface area (Å²) in [5.41, 5.74) is 1.65. The van der Waals surface area contributed by atoms with Crippen LogP contribution in [0.1, 0.15) is 44.0 Å². The summed E-state index contributed by atoms with van der Waals surface area (Å²) in [6.07, 6.45) is 1.22. The van der Waals surface area contributed by atoms with Crippen LogP contribution < -0.4 is 16.0 Å². The zero-order valence-corrected chi connectivity index (χ0v) is 18.3. The van der Waals surface area contributed by atoms with Gasteiger partial charge in [-0.05, 0) is 70.0 Å². The van der Waals surface area contributed by atoms with Crippen molar-refractivity contribution in [1.29, 1.82) is 0 Å². The summed E-state index contributed by atoms with van der Waals surface area (Å²) >= 11 is 0. The minimum Gasteiger partial charge on any atom is -0.347 e. The second-order valence-corrected chi connectivity index (χ2v) is 8.83. The van der Waals surface area contributed by atoms with Crippen molar-refractivity contribution in [2.24, 2.45) is 5.92 Å². The maximum atomic E-state index is 12.6. The van der Waals surface area contributed by atoms with Crippen molar-refractivity contribution in [2.75, 3.05) is 23.7 Å². The smallest absolute Gasteiger partial charge is 0.321 e. The Balaban J connectivity index is 1.47. The molecule has 4 amide bonds. The average Bonchev–Trinajstić information content (AvgIpc) is 2.74. The van der Waals surface area contributed by atoms with E-state index >= 15 is 0 Å². The van der Waals surface area contributed by atoms with Gasteiger partial charge in [0.05, 0.1) is 0 Å². The summed E-state index contributed by atoms with van der Waals surface area (Å²) in [7, 11) is 0. The summed E-state index contributed by atoms with van der Waals surface area (Å²) < 4.78 is 0. The number of hydrogen-bond acceptors (Lipinski definition) is 3. The molecule has 3 N–H and O–H groups in total. The number of hydrogen-bond donors (Lipinski definition) is 3. The summed E-state index contributed by atoms with van der Waals surface area (Å²) in [4.78, 5) is 39.0. The first-order valence-electron chi connectivity index (χ1n) is 10.6. The van der Waals surface area contributed by atoms with Crippen LogP contribution in [0.5, 0.6) is 0 Å². The van der Waals surface area contributed by atoms with Crippen molar-refractivity contribution in [2.45, 2.75) is 39.2 Å². The van der Waals surface area contributed by atoms with Crippen molar-refractivity contribution in [1.82, 2.24) is 10.2 Å². The van der Waals surface area contributed by atoms with Crippen LogP contribution >= 0.6 is 0 Å². The highest BCUT2D eigenvalue weighted by Gasteiger charge is 2.27. The Labute approximate surface area is 183 Å². The maximum Gasteiger partial charge on any atom is 0.321 e. The molecule has 164 valence electrons. The normalized spacial score (nSPS) is 14.6. The lowest BCUT2D eigenvalue weighted by Gasteiger charge is -2.31. The Morgan fingerprint density at radius 3 is 2.00 bits per heavy atom. The highest BCUT2D eigenvalue weighted by atomic mass is 16.2. The number of amides is 4. The minimum atomic E-state index is -0.309. The molecule has 0 aliphatic carbocycles. The van der Waals surface area contributed by atoms with E-state index in [2.05, 4.69) is 16.0 Å². The molecule has 1 saturated heterocycles. The molecule has 0 unspecified atom stereocenters. The third kappa shape index (κ3) is 6.57. The maximum absolute atomic E-state index is 12.6. The van der Waals surface area contributed by atoms with Crippen LogP contribution in [0.25, 0.3) is 0 Å². The highest BCUT2D eigenvalue weighted by molar-refractivity contribution is 5.96. The minimum absolute atomic E-state index is 0.0602. The van der Waals surface area contributed by atoms with Crippen LogP contribution in [0.15, 0.2) is 54.6 Å². The van der Waals surface area contributed by atoms with Crippen LogP contribution in [-0.4, -0.2) is 41.4 Å². The van der Waals surface area contributed by atoms with Crippen molar-refractivity contribution >= 4 is 29.2 Å². The van der Waals surface area contributed by atoms with Gasteiger partial charge in [0.2, 0.25) is 5.91 Å². The predicted octanol–water partition coefficient (Wildman–Crippen LogP) is 4.10. The van der Waals surface area contributed by atoms with Gasteiger partial charge in [-0.25, -0.2) is 4.79 Å². The van der Waals surface area contributed by atoms with Crippen LogP contribution in [0.3, 0.4) is 0 Å². The molecule has 0 atom stereocenters. The van der Waals surface area contributed by atoms with Gasteiger partial charge in [-0.3, -0.25) is 9.59 Å². The first-order valence-corrected chi connectivity index (χ1v) is 10.6. The molecule has 0 saturated carbocycles. The fourth-order valence-electron chi connectivity index (χ4n) is 3.43. The molecule has 1 aliphatic rings. The number of nitrogens with one attached hydrogen (secondary N) is 3. The Hall–Kier alpha value is -3.35. The number of carbonyl (C=O) groups excluding carboxylic acids is 3. The van der Waals surface area contributed by atoms with E-state index in [1.165, 1.54) is 0 Å². The van der Waals surface area contributed by atoms with E-state index in [1.54, 1.807) is 29.2 Å². The van der Waals surface area contributed by atoms with E-state index < -0.39 is 0 Å². The predicted molar refractivity (Wildman–Crippen MR) is 122 cm³/mol. The molecule has 0 bridgehead atoms. The van der Waals surface area contributed by atoms with Gasteiger partial charge in [-0.15, -0.1) is 0 Å². The van der Waals surface area contributed by atoms with E-state index in [0.29, 0.717) is 37.2 Å². The largest absolute Gasteiger partial charge is 0.347 e. The number of nitrogens with zero attached hydrogens (tertiary/aromatic N) is 1. The number of likely N-dealkylation sites (tertiary alicyclic amines) is 1. The average molecular weight is 423 g/mol. The molecular weight excluding hydrogens is 392 g/mol. The molecular formula is C24H30N4O3. The van der Waals surface area contributed by atoms with E-state index in [0.717, 1.165) is 5.69 Å². The lowest BCUT2D eigenvalue weighted by atomic mass is 9.96. The van der Waals surface area contributed by atoms with Crippen LogP contribution in [-0.2, 0) is 4.79 Å². The Morgan fingerprint density at radius 2 is 1.42 bits per heavy atom. The second-order valence-electron chi connectivity index (χ2n) is 8.83. The molecule has 0 aromatic heterocycles. The molecule has 0 spiro atoms. The summed E-state index contributed by atoms with van der Waals surface area (Å²) in [5.74, 6) is -0.355. The molecule has 7 heteroatoms. The molecule has 2 aromatic rings. The number of para-hydroxylation sites is 1. The van der Waals surface area contributed by atoms with E-state index in [4.69, 9.17) is 0 Å². The van der Waals surface area contributed by atoms with Gasteiger partial charge >= 0.3 is 6.03 Å². The van der Waals surface area contributed by atoms with Crippen LogP contribution in [0.4, 0.5) is 16.2 Å². The lowest BCUT2D eigenvalue weighted by molar-refractivity contribution is -0.121. The van der Waals surface area contributed by atoms with Crippen molar-refractivity contribution in [3.05, 3.63) is 60.2 Å². The fourth-order valence-corrected chi connectivity index (χ4v) is 3.43. The number of urea groups is 1. The summed E-state index contributed by atoms with van der Waals surface area (Å²) in [5, 5.41) is 8.71. The molecule has 31 heavy (non-hydrogen) atoms. The molecule has 1 heterocycles. The van der Waals surface area contributed by atoms with Gasteiger partial charge < -0.3 is 20.9 Å². The van der Waals surface area contributed by atoms with Crippen LogP contribution in [0, 0.1) is 5.92 Å². The zero-order valence-electron chi connectivity index (χ0n) is 18.3. The zero-order chi connectivity index (χ0) is 22.4. The lowest BCUT2D eigenvalue weighted by Crippen LogP contribution is -2.43. The van der Waals surface area contributed by atoms with Gasteiger partial charge in [0, 0.05) is 41.5 Å². The first-order chi connectivity index (χ1) is 14.7. The number of carbonyl (C=O) groups is 3. The van der Waals surface area contributed by atoms with E-state index in [9.17, 15) is 14.4 Å². The monoisotopic (exact) mass is 422 g/mol. The molecule has 3 rings (SSSR count). The first kappa shape index (κ1) is 22.3. The summed E-state index contributed by atoms with van der Waals surface area (Å²) in [6.45, 7) is 6.84. The molecule has 0 radical (unpaired) electrons. The fraction of sp³-hybridized carbons (Fsp3) is 0.375.